The van der Waals surface area contributed by atoms with Crippen LogP contribution in [0, 0.1) is 0 Å². The summed E-state index contributed by atoms with van der Waals surface area (Å²) >= 11 is 1.51. The molecule has 0 unspecified atom stereocenters. The van der Waals surface area contributed by atoms with Gasteiger partial charge in [-0.1, -0.05) is 42.5 Å². The summed E-state index contributed by atoms with van der Waals surface area (Å²) in [5.74, 6) is -0.305. The predicted octanol–water partition coefficient (Wildman–Crippen LogP) is 4.19. The fraction of sp³-hybridized carbons (Fsp3) is 0.130. The molecule has 0 spiro atoms. The molecule has 2 aromatic carbocycles. The van der Waals surface area contributed by atoms with Crippen molar-refractivity contribution >= 4 is 27.1 Å². The van der Waals surface area contributed by atoms with Crippen LogP contribution in [0.2, 0.25) is 0 Å². The lowest BCUT2D eigenvalue weighted by atomic mass is 10.2. The molecule has 158 valence electrons. The Balaban J connectivity index is 1.46. The van der Waals surface area contributed by atoms with Gasteiger partial charge in [-0.2, -0.15) is 5.10 Å². The van der Waals surface area contributed by atoms with Crippen LogP contribution in [0.15, 0.2) is 89.3 Å². The molecule has 0 radical (unpaired) electrons. The minimum Gasteiger partial charge on any atom is -0.352 e. The van der Waals surface area contributed by atoms with Crippen molar-refractivity contribution in [1.82, 2.24) is 15.1 Å². The first-order valence-electron chi connectivity index (χ1n) is 9.79. The molecule has 0 fully saturated rings. The number of thiophene rings is 1. The Morgan fingerprint density at radius 3 is 2.35 bits per heavy atom. The number of carbonyl (C=O) groups is 1. The fourth-order valence-corrected chi connectivity index (χ4v) is 5.21. The summed E-state index contributed by atoms with van der Waals surface area (Å²) in [6.07, 6.45) is 2.03. The zero-order valence-electron chi connectivity index (χ0n) is 16.6. The summed E-state index contributed by atoms with van der Waals surface area (Å²) in [6, 6.07) is 21.8. The van der Waals surface area contributed by atoms with Crippen LogP contribution in [0.25, 0.3) is 16.3 Å². The zero-order valence-corrected chi connectivity index (χ0v) is 18.3. The number of sulfone groups is 1. The summed E-state index contributed by atoms with van der Waals surface area (Å²) in [6.45, 7) is 0.255. The van der Waals surface area contributed by atoms with E-state index in [1.165, 1.54) is 11.3 Å². The molecule has 6 nitrogen and oxygen atoms in total. The third-order valence-corrected chi connectivity index (χ3v) is 7.41. The van der Waals surface area contributed by atoms with Crippen LogP contribution < -0.4 is 5.32 Å². The molecule has 2 aromatic heterocycles. The monoisotopic (exact) mass is 451 g/mol. The number of aromatic nitrogens is 2. The molecule has 0 saturated heterocycles. The second-order valence-corrected chi connectivity index (χ2v) is 9.95. The van der Waals surface area contributed by atoms with Crippen molar-refractivity contribution in [3.05, 3.63) is 89.9 Å². The van der Waals surface area contributed by atoms with Crippen LogP contribution in [0.3, 0.4) is 0 Å². The number of nitrogens with one attached hydrogen (secondary N) is 1. The van der Waals surface area contributed by atoms with Crippen LogP contribution in [0.1, 0.15) is 16.8 Å². The van der Waals surface area contributed by atoms with Gasteiger partial charge in [-0.15, -0.1) is 11.3 Å². The molecular weight excluding hydrogens is 430 g/mol. The van der Waals surface area contributed by atoms with Crippen LogP contribution in [-0.4, -0.2) is 36.4 Å². The Bertz CT molecular complexity index is 1250. The van der Waals surface area contributed by atoms with Gasteiger partial charge in [-0.25, -0.2) is 13.1 Å². The van der Waals surface area contributed by atoms with Gasteiger partial charge in [0.05, 0.1) is 26.8 Å². The quantitative estimate of drug-likeness (QED) is 0.407. The van der Waals surface area contributed by atoms with E-state index < -0.39 is 9.84 Å². The normalized spacial score (nSPS) is 11.4. The van der Waals surface area contributed by atoms with E-state index >= 15 is 0 Å². The molecule has 2 heterocycles. The topological polar surface area (TPSA) is 81.1 Å². The molecule has 4 rings (SSSR count). The van der Waals surface area contributed by atoms with E-state index in [-0.39, 0.29) is 18.2 Å². The van der Waals surface area contributed by atoms with E-state index in [0.29, 0.717) is 22.6 Å². The van der Waals surface area contributed by atoms with Gasteiger partial charge in [0.1, 0.15) is 5.69 Å². The zero-order chi connectivity index (χ0) is 21.7. The Morgan fingerprint density at radius 2 is 1.68 bits per heavy atom. The molecule has 0 aliphatic rings. The van der Waals surface area contributed by atoms with Crippen molar-refractivity contribution in [1.29, 1.82) is 0 Å². The molecule has 8 heteroatoms. The molecule has 0 saturated carbocycles. The summed E-state index contributed by atoms with van der Waals surface area (Å²) in [5.41, 5.74) is 1.92. The third kappa shape index (κ3) is 4.92. The highest BCUT2D eigenvalue weighted by molar-refractivity contribution is 7.91. The average molecular weight is 452 g/mol. The molecular formula is C23H21N3O3S2. The minimum atomic E-state index is -3.36. The number of benzene rings is 2. The number of nitrogens with zero attached hydrogens (tertiary/aromatic N) is 2. The molecule has 1 amide bonds. The first-order valence-corrected chi connectivity index (χ1v) is 12.3. The average Bonchev–Trinajstić information content (AvgIpc) is 3.48. The third-order valence-electron chi connectivity index (χ3n) is 4.71. The maximum absolute atomic E-state index is 12.9. The first kappa shape index (κ1) is 21.0. The number of amides is 1. The maximum atomic E-state index is 12.9. The lowest BCUT2D eigenvalue weighted by molar-refractivity contribution is 0.0954. The fourth-order valence-electron chi connectivity index (χ4n) is 3.15. The Morgan fingerprint density at radius 1 is 0.968 bits per heavy atom. The summed E-state index contributed by atoms with van der Waals surface area (Å²) in [5, 5.41) is 9.40. The summed E-state index contributed by atoms with van der Waals surface area (Å²) in [4.78, 5) is 14.1. The van der Waals surface area contributed by atoms with E-state index in [4.69, 9.17) is 0 Å². The minimum absolute atomic E-state index is 0.0294. The van der Waals surface area contributed by atoms with Gasteiger partial charge >= 0.3 is 0 Å². The molecule has 31 heavy (non-hydrogen) atoms. The van der Waals surface area contributed by atoms with Gasteiger partial charge in [0.25, 0.3) is 5.91 Å². The van der Waals surface area contributed by atoms with E-state index in [9.17, 15) is 13.2 Å². The number of carbonyl (C=O) groups excluding carboxylic acids is 1. The van der Waals surface area contributed by atoms with E-state index in [2.05, 4.69) is 10.4 Å². The SMILES string of the molecule is O=C(NCCCS(=O)(=O)c1ccccc1)c1cn(-c2ccccc2)nc1-c1cccs1. The van der Waals surface area contributed by atoms with E-state index in [1.807, 2.05) is 47.8 Å². The summed E-state index contributed by atoms with van der Waals surface area (Å²) in [7, 11) is -3.36. The Labute approximate surface area is 185 Å². The highest BCUT2D eigenvalue weighted by Gasteiger charge is 2.20. The van der Waals surface area contributed by atoms with Crippen LogP contribution in [0.4, 0.5) is 0 Å². The number of rotatable bonds is 8. The molecule has 0 atom stereocenters. The van der Waals surface area contributed by atoms with Crippen LogP contribution in [-0.2, 0) is 9.84 Å². The molecule has 4 aromatic rings. The maximum Gasteiger partial charge on any atom is 0.255 e. The second-order valence-electron chi connectivity index (χ2n) is 6.89. The number of para-hydroxylation sites is 1. The first-order chi connectivity index (χ1) is 15.0. The van der Waals surface area contributed by atoms with Gasteiger partial charge < -0.3 is 5.32 Å². The van der Waals surface area contributed by atoms with Gasteiger partial charge in [0.2, 0.25) is 0 Å². The van der Waals surface area contributed by atoms with Crippen molar-refractivity contribution in [3.8, 4) is 16.3 Å². The second kappa shape index (κ2) is 9.28. The molecule has 0 bridgehead atoms. The predicted molar refractivity (Wildman–Crippen MR) is 122 cm³/mol. The lowest BCUT2D eigenvalue weighted by Crippen LogP contribution is -2.26. The van der Waals surface area contributed by atoms with Crippen molar-refractivity contribution in [2.24, 2.45) is 0 Å². The van der Waals surface area contributed by atoms with Crippen molar-refractivity contribution in [2.45, 2.75) is 11.3 Å². The standard InChI is InChI=1S/C23H21N3O3S2/c27-23(24-14-8-16-31(28,29)19-11-5-2-6-12-19)20-17-26(18-9-3-1-4-10-18)25-22(20)21-13-7-15-30-21/h1-7,9-13,15,17H,8,14,16H2,(H,24,27). The summed E-state index contributed by atoms with van der Waals surface area (Å²) < 4.78 is 26.5. The lowest BCUT2D eigenvalue weighted by Gasteiger charge is -2.06. The Kier molecular flexibility index (Phi) is 6.29. The van der Waals surface area contributed by atoms with E-state index in [1.54, 1.807) is 41.2 Å². The molecule has 1 N–H and O–H groups in total. The van der Waals surface area contributed by atoms with Crippen LogP contribution >= 0.6 is 11.3 Å². The largest absolute Gasteiger partial charge is 0.352 e. The number of hydrogen-bond acceptors (Lipinski definition) is 5. The number of hydrogen-bond donors (Lipinski definition) is 1. The molecule has 0 aliphatic heterocycles. The van der Waals surface area contributed by atoms with E-state index in [0.717, 1.165) is 10.6 Å². The van der Waals surface area contributed by atoms with Crippen molar-refractivity contribution in [3.63, 3.8) is 0 Å². The Hall–Kier alpha value is -3.23. The smallest absolute Gasteiger partial charge is 0.255 e. The van der Waals surface area contributed by atoms with Gasteiger partial charge in [0.15, 0.2) is 9.84 Å². The van der Waals surface area contributed by atoms with Crippen LogP contribution in [0.5, 0.6) is 0 Å². The van der Waals surface area contributed by atoms with Crippen molar-refractivity contribution in [2.75, 3.05) is 12.3 Å². The van der Waals surface area contributed by atoms with Gasteiger partial charge in [-0.05, 0) is 42.1 Å². The highest BCUT2D eigenvalue weighted by Crippen LogP contribution is 2.27. The van der Waals surface area contributed by atoms with Gasteiger partial charge in [0, 0.05) is 12.7 Å². The highest BCUT2D eigenvalue weighted by atomic mass is 32.2. The molecule has 0 aliphatic carbocycles. The van der Waals surface area contributed by atoms with Gasteiger partial charge in [-0.3, -0.25) is 4.79 Å². The van der Waals surface area contributed by atoms with Crippen molar-refractivity contribution < 1.29 is 13.2 Å².